The standard InChI is InChI=1S/C24H49O10P/c1-2-3-4-5-6-7-8-9-10-11-12-13-14-15-16-17-20(27)23(22(19-26)34-29)33-24(21(28)18-25)35(30,31)32/h21-26,28-29H,2-19H2,1H3,(H2,30,31,32)/t21?,22-,23?,24?/m0/s1. The molecule has 0 rings (SSSR count). The van der Waals surface area contributed by atoms with Crippen LogP contribution < -0.4 is 0 Å². The van der Waals surface area contributed by atoms with Gasteiger partial charge in [-0.3, -0.25) is 14.6 Å². The topological polar surface area (TPSA) is 174 Å². The van der Waals surface area contributed by atoms with Gasteiger partial charge in [-0.15, -0.1) is 0 Å². The van der Waals surface area contributed by atoms with E-state index in [1.807, 2.05) is 0 Å². The molecule has 0 aliphatic rings. The lowest BCUT2D eigenvalue weighted by atomic mass is 10.0. The Hall–Kier alpha value is -0.420. The summed E-state index contributed by atoms with van der Waals surface area (Å²) in [5.41, 5.74) is 0. The van der Waals surface area contributed by atoms with Crippen molar-refractivity contribution in [1.29, 1.82) is 0 Å². The lowest BCUT2D eigenvalue weighted by Gasteiger charge is -2.29. The number of carbonyl (C=O) groups is 1. The van der Waals surface area contributed by atoms with Gasteiger partial charge in [0.05, 0.1) is 13.2 Å². The number of carbonyl (C=O) groups excluding carboxylic acids is 1. The van der Waals surface area contributed by atoms with E-state index in [9.17, 15) is 29.4 Å². The van der Waals surface area contributed by atoms with Crippen molar-refractivity contribution in [3.05, 3.63) is 0 Å². The molecule has 210 valence electrons. The normalized spacial score (nSPS) is 15.6. The molecule has 0 amide bonds. The van der Waals surface area contributed by atoms with Gasteiger partial charge in [-0.1, -0.05) is 96.8 Å². The maximum Gasteiger partial charge on any atom is 0.356 e. The lowest BCUT2D eigenvalue weighted by molar-refractivity contribution is -0.305. The Labute approximate surface area is 210 Å². The quantitative estimate of drug-likeness (QED) is 0.0441. The maximum atomic E-state index is 12.6. The molecule has 3 unspecified atom stereocenters. The molecule has 0 aromatic rings. The Bertz CT molecular complexity index is 552. The molecule has 0 saturated carbocycles. The highest BCUT2D eigenvalue weighted by atomic mass is 31.2. The number of Topliss-reactive ketones (excluding diaryl/α,β-unsaturated/α-hetero) is 1. The minimum atomic E-state index is -5.07. The second-order valence-electron chi connectivity index (χ2n) is 9.28. The van der Waals surface area contributed by atoms with E-state index in [0.29, 0.717) is 6.42 Å². The first-order valence-electron chi connectivity index (χ1n) is 13.2. The number of aliphatic hydroxyl groups is 3. The molecular formula is C24H49O10P. The van der Waals surface area contributed by atoms with Gasteiger partial charge in [0.2, 0.25) is 0 Å². The van der Waals surface area contributed by atoms with Crippen LogP contribution in [0.1, 0.15) is 110 Å². The van der Waals surface area contributed by atoms with Crippen LogP contribution in [0.2, 0.25) is 0 Å². The van der Waals surface area contributed by atoms with Crippen molar-refractivity contribution in [3.63, 3.8) is 0 Å². The second kappa shape index (κ2) is 21.6. The Morgan fingerprint density at radius 2 is 1.20 bits per heavy atom. The van der Waals surface area contributed by atoms with Crippen LogP contribution in [0.4, 0.5) is 0 Å². The van der Waals surface area contributed by atoms with Gasteiger partial charge in [0.1, 0.15) is 18.3 Å². The first-order valence-corrected chi connectivity index (χ1v) is 14.8. The van der Waals surface area contributed by atoms with Crippen LogP contribution in [-0.4, -0.2) is 73.5 Å². The van der Waals surface area contributed by atoms with Gasteiger partial charge < -0.3 is 29.8 Å². The van der Waals surface area contributed by atoms with E-state index in [-0.39, 0.29) is 6.42 Å². The smallest absolute Gasteiger partial charge is 0.356 e. The van der Waals surface area contributed by atoms with Crippen molar-refractivity contribution in [2.45, 2.75) is 134 Å². The highest BCUT2D eigenvalue weighted by Gasteiger charge is 2.42. The first-order chi connectivity index (χ1) is 16.7. The first kappa shape index (κ1) is 34.6. The number of ketones is 1. The van der Waals surface area contributed by atoms with E-state index in [1.54, 1.807) is 0 Å². The Morgan fingerprint density at radius 3 is 1.54 bits per heavy atom. The van der Waals surface area contributed by atoms with Crippen molar-refractivity contribution < 1.29 is 49.3 Å². The summed E-state index contributed by atoms with van der Waals surface area (Å²) >= 11 is 0. The molecule has 0 spiro atoms. The third kappa shape index (κ3) is 16.9. The van der Waals surface area contributed by atoms with Crippen LogP contribution in [0.25, 0.3) is 0 Å². The van der Waals surface area contributed by atoms with Crippen molar-refractivity contribution >= 4 is 13.4 Å². The van der Waals surface area contributed by atoms with Crippen molar-refractivity contribution in [3.8, 4) is 0 Å². The van der Waals surface area contributed by atoms with Crippen LogP contribution >= 0.6 is 7.60 Å². The average Bonchev–Trinajstić information content (AvgIpc) is 2.82. The number of aliphatic hydroxyl groups excluding tert-OH is 3. The Morgan fingerprint density at radius 1 is 0.771 bits per heavy atom. The highest BCUT2D eigenvalue weighted by Crippen LogP contribution is 2.44. The lowest BCUT2D eigenvalue weighted by Crippen LogP contribution is -2.46. The molecule has 10 nitrogen and oxygen atoms in total. The summed E-state index contributed by atoms with van der Waals surface area (Å²) in [5.74, 6) is -2.83. The molecule has 0 aromatic carbocycles. The zero-order valence-electron chi connectivity index (χ0n) is 21.3. The summed E-state index contributed by atoms with van der Waals surface area (Å²) in [6.45, 7) is 0.363. The number of hydrogen-bond acceptors (Lipinski definition) is 8. The molecule has 4 atom stereocenters. The van der Waals surface area contributed by atoms with Gasteiger partial charge in [0.25, 0.3) is 0 Å². The van der Waals surface area contributed by atoms with E-state index in [0.717, 1.165) is 25.7 Å². The van der Waals surface area contributed by atoms with E-state index in [1.165, 1.54) is 64.2 Å². The Balaban J connectivity index is 4.20. The van der Waals surface area contributed by atoms with E-state index in [4.69, 9.17) is 15.1 Å². The summed E-state index contributed by atoms with van der Waals surface area (Å²) in [7, 11) is -5.07. The zero-order valence-corrected chi connectivity index (χ0v) is 22.2. The molecule has 0 heterocycles. The summed E-state index contributed by atoms with van der Waals surface area (Å²) in [6, 6.07) is 0. The minimum absolute atomic E-state index is 0.00805. The predicted molar refractivity (Wildman–Crippen MR) is 133 cm³/mol. The fourth-order valence-electron chi connectivity index (χ4n) is 4.00. The van der Waals surface area contributed by atoms with Crippen LogP contribution in [0.5, 0.6) is 0 Å². The van der Waals surface area contributed by atoms with Crippen molar-refractivity contribution in [2.75, 3.05) is 13.2 Å². The molecule has 35 heavy (non-hydrogen) atoms. The van der Waals surface area contributed by atoms with Crippen LogP contribution in [0, 0.1) is 0 Å². The van der Waals surface area contributed by atoms with Gasteiger partial charge in [0.15, 0.2) is 11.6 Å². The van der Waals surface area contributed by atoms with Gasteiger partial charge >= 0.3 is 7.60 Å². The Kier molecular flexibility index (Phi) is 21.4. The summed E-state index contributed by atoms with van der Waals surface area (Å²) < 4.78 is 16.7. The zero-order chi connectivity index (χ0) is 26.5. The summed E-state index contributed by atoms with van der Waals surface area (Å²) in [4.78, 5) is 35.4. The van der Waals surface area contributed by atoms with E-state index in [2.05, 4.69) is 11.8 Å². The molecule has 0 aromatic heterocycles. The van der Waals surface area contributed by atoms with Crippen LogP contribution in [-0.2, 0) is 19.0 Å². The maximum absolute atomic E-state index is 12.6. The van der Waals surface area contributed by atoms with Crippen LogP contribution in [0.15, 0.2) is 0 Å². The van der Waals surface area contributed by atoms with Gasteiger partial charge in [-0.2, -0.15) is 0 Å². The molecule has 0 fully saturated rings. The van der Waals surface area contributed by atoms with Crippen molar-refractivity contribution in [1.82, 2.24) is 0 Å². The largest absolute Gasteiger partial charge is 0.394 e. The predicted octanol–water partition coefficient (Wildman–Crippen LogP) is 3.91. The molecule has 0 bridgehead atoms. The minimum Gasteiger partial charge on any atom is -0.394 e. The number of hydrogen-bond donors (Lipinski definition) is 6. The average molecular weight is 529 g/mol. The SMILES string of the molecule is CCCCCCCCCCCCCCCCCC(=O)C(OC(C(O)CO)P(=O)(O)O)[C@H](CO)OO. The summed E-state index contributed by atoms with van der Waals surface area (Å²) in [5, 5.41) is 37.0. The fourth-order valence-corrected chi connectivity index (χ4v) is 4.83. The monoisotopic (exact) mass is 528 g/mol. The third-order valence-corrected chi connectivity index (χ3v) is 7.26. The van der Waals surface area contributed by atoms with Gasteiger partial charge in [0, 0.05) is 6.42 Å². The van der Waals surface area contributed by atoms with Crippen LogP contribution in [0.3, 0.4) is 0 Å². The molecule has 6 N–H and O–H groups in total. The van der Waals surface area contributed by atoms with E-state index < -0.39 is 50.7 Å². The van der Waals surface area contributed by atoms with Gasteiger partial charge in [-0.25, -0.2) is 4.89 Å². The second-order valence-corrected chi connectivity index (χ2v) is 11.0. The number of ether oxygens (including phenoxy) is 1. The highest BCUT2D eigenvalue weighted by molar-refractivity contribution is 7.52. The van der Waals surface area contributed by atoms with Crippen molar-refractivity contribution in [2.24, 2.45) is 0 Å². The fraction of sp³-hybridized carbons (Fsp3) is 0.958. The molecule has 11 heteroatoms. The third-order valence-electron chi connectivity index (χ3n) is 6.13. The number of unbranched alkanes of at least 4 members (excludes halogenated alkanes) is 14. The molecule has 0 radical (unpaired) electrons. The molecule has 0 aliphatic heterocycles. The molecule has 0 saturated heterocycles. The molecule has 0 aliphatic carbocycles. The van der Waals surface area contributed by atoms with E-state index >= 15 is 0 Å². The molecular weight excluding hydrogens is 479 g/mol. The summed E-state index contributed by atoms with van der Waals surface area (Å²) in [6.07, 6.45) is 12.2. The number of rotatable bonds is 25. The van der Waals surface area contributed by atoms with Gasteiger partial charge in [-0.05, 0) is 6.42 Å².